The Balaban J connectivity index is 1.47. The topological polar surface area (TPSA) is 87.2 Å². The molecule has 3 aliphatic rings. The fraction of sp³-hybridized carbons (Fsp3) is 0.429. The lowest BCUT2D eigenvalue weighted by atomic mass is 9.78. The number of benzene rings is 1. The number of aryl methyl sites for hydroxylation is 1. The number of nitrogens with one attached hydrogen (secondary N) is 2. The number of fused-ring (bicyclic) bond motifs is 4. The van der Waals surface area contributed by atoms with Crippen molar-refractivity contribution in [2.45, 2.75) is 44.3 Å². The van der Waals surface area contributed by atoms with Gasteiger partial charge in [-0.2, -0.15) is 0 Å². The first-order chi connectivity index (χ1) is 13.6. The highest BCUT2D eigenvalue weighted by Crippen LogP contribution is 2.55. The van der Waals surface area contributed by atoms with Crippen LogP contribution in [0, 0.1) is 12.8 Å². The van der Waals surface area contributed by atoms with Gasteiger partial charge < -0.3 is 10.6 Å². The first kappa shape index (κ1) is 17.3. The molecule has 0 aliphatic carbocycles. The van der Waals surface area contributed by atoms with E-state index in [-0.39, 0.29) is 17.9 Å². The van der Waals surface area contributed by atoms with E-state index in [1.54, 1.807) is 12.4 Å². The molecule has 28 heavy (non-hydrogen) atoms. The second-order valence-corrected chi connectivity index (χ2v) is 7.91. The van der Waals surface area contributed by atoms with Gasteiger partial charge in [-0.15, -0.1) is 0 Å². The summed E-state index contributed by atoms with van der Waals surface area (Å²) in [4.78, 5) is 37.3. The van der Waals surface area contributed by atoms with E-state index in [2.05, 4.69) is 25.5 Å². The van der Waals surface area contributed by atoms with Gasteiger partial charge in [0.1, 0.15) is 5.54 Å². The molecule has 5 rings (SSSR count). The van der Waals surface area contributed by atoms with Crippen LogP contribution in [0.1, 0.15) is 36.2 Å². The summed E-state index contributed by atoms with van der Waals surface area (Å²) in [7, 11) is 0. The predicted octanol–water partition coefficient (Wildman–Crippen LogP) is 1.73. The van der Waals surface area contributed by atoms with Crippen molar-refractivity contribution >= 4 is 17.5 Å². The number of hydrogen-bond donors (Lipinski definition) is 2. The molecule has 144 valence electrons. The predicted molar refractivity (Wildman–Crippen MR) is 103 cm³/mol. The van der Waals surface area contributed by atoms with Crippen LogP contribution in [0.15, 0.2) is 36.7 Å². The molecule has 2 N–H and O–H groups in total. The van der Waals surface area contributed by atoms with Crippen LogP contribution in [-0.4, -0.2) is 39.3 Å². The number of rotatable bonds is 3. The van der Waals surface area contributed by atoms with E-state index in [1.165, 1.54) is 0 Å². The third kappa shape index (κ3) is 2.39. The molecule has 1 aromatic carbocycles. The first-order valence-corrected chi connectivity index (χ1v) is 9.83. The summed E-state index contributed by atoms with van der Waals surface area (Å²) in [6, 6.07) is 8.04. The third-order valence-electron chi connectivity index (χ3n) is 6.37. The Kier molecular flexibility index (Phi) is 3.94. The minimum Gasteiger partial charge on any atom is -0.350 e. The van der Waals surface area contributed by atoms with Gasteiger partial charge in [-0.1, -0.05) is 18.2 Å². The van der Waals surface area contributed by atoms with Gasteiger partial charge in [0.25, 0.3) is 0 Å². The number of carbonyl (C=O) groups excluding carboxylic acids is 2. The Bertz CT molecular complexity index is 944. The Morgan fingerprint density at radius 1 is 1.32 bits per heavy atom. The number of anilines is 1. The number of nitrogens with zero attached hydrogens (tertiary/aromatic N) is 3. The van der Waals surface area contributed by atoms with Gasteiger partial charge in [0.15, 0.2) is 0 Å². The highest BCUT2D eigenvalue weighted by Gasteiger charge is 2.65. The number of aromatic nitrogens is 2. The van der Waals surface area contributed by atoms with E-state index >= 15 is 0 Å². The van der Waals surface area contributed by atoms with Crippen LogP contribution in [0.25, 0.3) is 0 Å². The highest BCUT2D eigenvalue weighted by atomic mass is 16.2. The Labute approximate surface area is 163 Å². The summed E-state index contributed by atoms with van der Waals surface area (Å²) < 4.78 is 0. The number of para-hydroxylation sites is 1. The van der Waals surface area contributed by atoms with E-state index in [4.69, 9.17) is 0 Å². The molecule has 1 aromatic heterocycles. The molecule has 0 saturated carbocycles. The van der Waals surface area contributed by atoms with Gasteiger partial charge in [-0.05, 0) is 38.8 Å². The lowest BCUT2D eigenvalue weighted by Crippen LogP contribution is -2.54. The molecule has 7 heteroatoms. The van der Waals surface area contributed by atoms with Gasteiger partial charge in [-0.25, -0.2) is 0 Å². The van der Waals surface area contributed by atoms with E-state index in [1.807, 2.05) is 31.2 Å². The van der Waals surface area contributed by atoms with E-state index < -0.39 is 11.5 Å². The highest BCUT2D eigenvalue weighted by molar-refractivity contribution is 6.09. The lowest BCUT2D eigenvalue weighted by molar-refractivity contribution is -0.137. The van der Waals surface area contributed by atoms with E-state index in [0.717, 1.165) is 36.3 Å². The van der Waals surface area contributed by atoms with E-state index in [9.17, 15) is 9.59 Å². The van der Waals surface area contributed by atoms with Crippen LogP contribution in [0.2, 0.25) is 0 Å². The van der Waals surface area contributed by atoms with Gasteiger partial charge in [0, 0.05) is 23.5 Å². The fourth-order valence-electron chi connectivity index (χ4n) is 5.19. The van der Waals surface area contributed by atoms with Gasteiger partial charge in [-0.3, -0.25) is 24.5 Å². The molecule has 3 atom stereocenters. The molecule has 1 spiro atoms. The molecule has 0 bridgehead atoms. The van der Waals surface area contributed by atoms with Crippen molar-refractivity contribution in [1.29, 1.82) is 0 Å². The van der Waals surface area contributed by atoms with Crippen LogP contribution in [0.3, 0.4) is 0 Å². The molecular weight excluding hydrogens is 354 g/mol. The van der Waals surface area contributed by atoms with Crippen molar-refractivity contribution in [1.82, 2.24) is 20.2 Å². The fourth-order valence-corrected chi connectivity index (χ4v) is 5.19. The van der Waals surface area contributed by atoms with Crippen molar-refractivity contribution in [2.24, 2.45) is 5.92 Å². The average molecular weight is 377 g/mol. The Morgan fingerprint density at radius 3 is 3.00 bits per heavy atom. The molecule has 4 heterocycles. The molecule has 2 saturated heterocycles. The molecule has 3 aliphatic heterocycles. The van der Waals surface area contributed by atoms with Crippen LogP contribution in [-0.2, 0) is 21.7 Å². The molecule has 0 radical (unpaired) electrons. The monoisotopic (exact) mass is 377 g/mol. The summed E-state index contributed by atoms with van der Waals surface area (Å²) in [5.74, 6) is -0.586. The number of carbonyl (C=O) groups is 2. The maximum absolute atomic E-state index is 13.3. The molecular formula is C21H23N5O2. The van der Waals surface area contributed by atoms with Gasteiger partial charge >= 0.3 is 0 Å². The maximum atomic E-state index is 13.3. The number of hydrogen-bond acceptors (Lipinski definition) is 5. The van der Waals surface area contributed by atoms with Crippen LogP contribution >= 0.6 is 0 Å². The second kappa shape index (κ2) is 6.38. The quantitative estimate of drug-likeness (QED) is 0.851. The van der Waals surface area contributed by atoms with Crippen molar-refractivity contribution in [3.05, 3.63) is 53.6 Å². The normalized spacial score (nSPS) is 28.2. The minimum absolute atomic E-state index is 0.0756. The summed E-state index contributed by atoms with van der Waals surface area (Å²) in [6.45, 7) is 3.03. The van der Waals surface area contributed by atoms with Crippen LogP contribution in [0.5, 0.6) is 0 Å². The molecule has 7 nitrogen and oxygen atoms in total. The Morgan fingerprint density at radius 2 is 2.18 bits per heavy atom. The summed E-state index contributed by atoms with van der Waals surface area (Å²) in [5, 5.41) is 6.03. The first-order valence-electron chi connectivity index (χ1n) is 9.83. The van der Waals surface area contributed by atoms with Crippen LogP contribution in [0.4, 0.5) is 5.69 Å². The zero-order valence-corrected chi connectivity index (χ0v) is 15.8. The van der Waals surface area contributed by atoms with Crippen molar-refractivity contribution in [3.63, 3.8) is 0 Å². The zero-order chi connectivity index (χ0) is 19.3. The summed E-state index contributed by atoms with van der Waals surface area (Å²) in [6.07, 6.45) is 6.16. The zero-order valence-electron chi connectivity index (χ0n) is 15.8. The minimum atomic E-state index is -0.902. The SMILES string of the molecule is Cc1cnc(CNC(=O)[C@H]2C[C@H]3CCCN3[C@]23C(=O)Nc2ccccc23)cn1. The average Bonchev–Trinajstić information content (AvgIpc) is 3.36. The smallest absolute Gasteiger partial charge is 0.250 e. The van der Waals surface area contributed by atoms with Crippen LogP contribution < -0.4 is 10.6 Å². The lowest BCUT2D eigenvalue weighted by Gasteiger charge is -2.36. The largest absolute Gasteiger partial charge is 0.350 e. The molecule has 0 unspecified atom stereocenters. The van der Waals surface area contributed by atoms with Gasteiger partial charge in [0.2, 0.25) is 11.8 Å². The van der Waals surface area contributed by atoms with Crippen molar-refractivity contribution in [3.8, 4) is 0 Å². The summed E-state index contributed by atoms with van der Waals surface area (Å²) in [5.41, 5.74) is 2.40. The maximum Gasteiger partial charge on any atom is 0.250 e. The van der Waals surface area contributed by atoms with Crippen molar-refractivity contribution < 1.29 is 9.59 Å². The standard InChI is InChI=1S/C21H23N5O2/c1-13-10-23-14(11-22-13)12-24-19(27)17-9-15-5-4-8-26(15)21(17)16-6-2-3-7-18(16)25-20(21)28/h2-3,6-7,10-11,15,17H,4-5,8-9,12H2,1H3,(H,24,27)(H,25,28)/t15-,17-,21+/m1/s1. The Hall–Kier alpha value is -2.80. The molecule has 2 aromatic rings. The van der Waals surface area contributed by atoms with Crippen molar-refractivity contribution in [2.75, 3.05) is 11.9 Å². The third-order valence-corrected chi connectivity index (χ3v) is 6.37. The van der Waals surface area contributed by atoms with E-state index in [0.29, 0.717) is 18.7 Å². The second-order valence-electron chi connectivity index (χ2n) is 7.91. The summed E-state index contributed by atoms with van der Waals surface area (Å²) >= 11 is 0. The molecule has 2 amide bonds. The number of amides is 2. The van der Waals surface area contributed by atoms with Gasteiger partial charge in [0.05, 0.1) is 30.0 Å². The molecule has 2 fully saturated rings.